The van der Waals surface area contributed by atoms with E-state index in [1.807, 2.05) is 89.5 Å². The van der Waals surface area contributed by atoms with Crippen LogP contribution in [0.25, 0.3) is 28.3 Å². The maximum Gasteiger partial charge on any atom is 0.242 e. The van der Waals surface area contributed by atoms with Crippen molar-refractivity contribution < 1.29 is 13.2 Å². The number of imidazole rings is 1. The number of nitrogens with zero attached hydrogens (tertiary/aromatic N) is 5. The zero-order chi connectivity index (χ0) is 29.1. The van der Waals surface area contributed by atoms with Gasteiger partial charge >= 0.3 is 0 Å². The monoisotopic (exact) mass is 576 g/mol. The van der Waals surface area contributed by atoms with E-state index in [4.69, 9.17) is 14.7 Å². The van der Waals surface area contributed by atoms with E-state index >= 15 is 0 Å². The highest BCUT2D eigenvalue weighted by Crippen LogP contribution is 2.33. The zero-order valence-corrected chi connectivity index (χ0v) is 23.9. The topological polar surface area (TPSA) is 102 Å². The highest BCUT2D eigenvalue weighted by atomic mass is 32.2. The number of ether oxygens (including phenoxy) is 1. The van der Waals surface area contributed by atoms with Crippen LogP contribution in [0.3, 0.4) is 0 Å². The molecule has 0 fully saturated rings. The minimum atomic E-state index is -3.59. The van der Waals surface area contributed by atoms with Crippen molar-refractivity contribution in [2.24, 2.45) is 0 Å². The SMILES string of the molecule is CN(C)S(=O)(=O)c1cccc(Nc2nccc(-c3c(-c4ccc(OCc5ccccc5)cc4)nc4ccccn34)n2)c1. The Bertz CT molecular complexity index is 1960. The largest absolute Gasteiger partial charge is 0.489 e. The van der Waals surface area contributed by atoms with Crippen LogP contribution in [0.15, 0.2) is 120 Å². The van der Waals surface area contributed by atoms with E-state index in [-0.39, 0.29) is 4.90 Å². The Balaban J connectivity index is 1.32. The van der Waals surface area contributed by atoms with Crippen LogP contribution < -0.4 is 10.1 Å². The Kier molecular flexibility index (Phi) is 7.39. The molecule has 0 aliphatic rings. The summed E-state index contributed by atoms with van der Waals surface area (Å²) in [6, 6.07) is 32.1. The molecule has 0 saturated carbocycles. The highest BCUT2D eigenvalue weighted by molar-refractivity contribution is 7.89. The fourth-order valence-electron chi connectivity index (χ4n) is 4.52. The minimum Gasteiger partial charge on any atom is -0.489 e. The van der Waals surface area contributed by atoms with Crippen LogP contribution in [0.2, 0.25) is 0 Å². The number of aromatic nitrogens is 4. The maximum absolute atomic E-state index is 12.6. The molecule has 10 heteroatoms. The lowest BCUT2D eigenvalue weighted by atomic mass is 10.1. The summed E-state index contributed by atoms with van der Waals surface area (Å²) < 4.78 is 34.4. The summed E-state index contributed by atoms with van der Waals surface area (Å²) in [7, 11) is -0.583. The molecular formula is C32H28N6O3S. The molecule has 0 saturated heterocycles. The molecule has 42 heavy (non-hydrogen) atoms. The van der Waals surface area contributed by atoms with Gasteiger partial charge in [0.25, 0.3) is 0 Å². The predicted molar refractivity (Wildman–Crippen MR) is 163 cm³/mol. The summed E-state index contributed by atoms with van der Waals surface area (Å²) in [6.07, 6.45) is 3.61. The van der Waals surface area contributed by atoms with Crippen LogP contribution in [-0.2, 0) is 16.6 Å². The number of benzene rings is 3. The Morgan fingerprint density at radius 3 is 2.43 bits per heavy atom. The van der Waals surface area contributed by atoms with E-state index in [9.17, 15) is 8.42 Å². The van der Waals surface area contributed by atoms with Crippen LogP contribution >= 0.6 is 0 Å². The molecule has 0 amide bonds. The van der Waals surface area contributed by atoms with E-state index < -0.39 is 10.0 Å². The third-order valence-electron chi connectivity index (χ3n) is 6.67. The van der Waals surface area contributed by atoms with Gasteiger partial charge in [0.2, 0.25) is 16.0 Å². The second-order valence-electron chi connectivity index (χ2n) is 9.74. The molecule has 3 aromatic carbocycles. The minimum absolute atomic E-state index is 0.175. The molecule has 0 aliphatic carbocycles. The molecule has 0 spiro atoms. The quantitative estimate of drug-likeness (QED) is 0.224. The lowest BCUT2D eigenvalue weighted by molar-refractivity contribution is 0.306. The van der Waals surface area contributed by atoms with E-state index in [0.29, 0.717) is 23.9 Å². The van der Waals surface area contributed by atoms with Gasteiger partial charge in [-0.3, -0.25) is 4.40 Å². The summed E-state index contributed by atoms with van der Waals surface area (Å²) in [5.41, 5.74) is 5.57. The molecule has 210 valence electrons. The van der Waals surface area contributed by atoms with E-state index in [1.165, 1.54) is 18.4 Å². The first-order chi connectivity index (χ1) is 20.4. The molecule has 6 aromatic rings. The average Bonchev–Trinajstić information content (AvgIpc) is 3.41. The fraction of sp³-hybridized carbons (Fsp3) is 0.0938. The Morgan fingerprint density at radius 1 is 0.857 bits per heavy atom. The van der Waals surface area contributed by atoms with Gasteiger partial charge in [-0.05, 0) is 66.2 Å². The first-order valence-corrected chi connectivity index (χ1v) is 14.7. The molecule has 3 aromatic heterocycles. The van der Waals surface area contributed by atoms with Gasteiger partial charge < -0.3 is 10.1 Å². The first-order valence-electron chi connectivity index (χ1n) is 13.3. The average molecular weight is 577 g/mol. The molecule has 6 rings (SSSR count). The molecular weight excluding hydrogens is 548 g/mol. The van der Waals surface area contributed by atoms with Gasteiger partial charge in [-0.2, -0.15) is 0 Å². The highest BCUT2D eigenvalue weighted by Gasteiger charge is 2.19. The number of sulfonamides is 1. The van der Waals surface area contributed by atoms with Crippen molar-refractivity contribution in [3.63, 3.8) is 0 Å². The smallest absolute Gasteiger partial charge is 0.242 e. The van der Waals surface area contributed by atoms with Crippen molar-refractivity contribution in [2.45, 2.75) is 11.5 Å². The number of hydrogen-bond acceptors (Lipinski definition) is 7. The second kappa shape index (κ2) is 11.4. The lowest BCUT2D eigenvalue weighted by Crippen LogP contribution is -2.22. The normalized spacial score (nSPS) is 11.6. The van der Waals surface area contributed by atoms with Gasteiger partial charge in [0.05, 0.1) is 22.0 Å². The molecule has 0 radical (unpaired) electrons. The van der Waals surface area contributed by atoms with Crippen molar-refractivity contribution in [3.05, 3.63) is 121 Å². The lowest BCUT2D eigenvalue weighted by Gasteiger charge is -2.13. The zero-order valence-electron chi connectivity index (χ0n) is 23.0. The van der Waals surface area contributed by atoms with Gasteiger partial charge in [0.1, 0.15) is 18.0 Å². The first kappa shape index (κ1) is 27.1. The number of rotatable bonds is 9. The van der Waals surface area contributed by atoms with E-state index in [2.05, 4.69) is 10.3 Å². The van der Waals surface area contributed by atoms with E-state index in [0.717, 1.165) is 33.9 Å². The fourth-order valence-corrected chi connectivity index (χ4v) is 5.46. The van der Waals surface area contributed by atoms with Crippen LogP contribution in [0.5, 0.6) is 5.75 Å². The molecule has 9 nitrogen and oxygen atoms in total. The Labute approximate surface area is 244 Å². The van der Waals surface area contributed by atoms with Crippen molar-refractivity contribution in [1.29, 1.82) is 0 Å². The number of nitrogens with one attached hydrogen (secondary N) is 1. The Hall–Kier alpha value is -5.06. The molecule has 3 heterocycles. The summed E-state index contributed by atoms with van der Waals surface area (Å²) in [5.74, 6) is 1.09. The summed E-state index contributed by atoms with van der Waals surface area (Å²) in [6.45, 7) is 0.487. The summed E-state index contributed by atoms with van der Waals surface area (Å²) in [4.78, 5) is 14.3. The van der Waals surface area contributed by atoms with Crippen molar-refractivity contribution in [1.82, 2.24) is 23.7 Å². The van der Waals surface area contributed by atoms with Gasteiger partial charge in [0, 0.05) is 37.7 Å². The van der Waals surface area contributed by atoms with Crippen LogP contribution in [0.1, 0.15) is 5.56 Å². The van der Waals surface area contributed by atoms with Crippen molar-refractivity contribution >= 4 is 27.3 Å². The van der Waals surface area contributed by atoms with Crippen molar-refractivity contribution in [3.8, 4) is 28.4 Å². The number of hydrogen-bond donors (Lipinski definition) is 1. The van der Waals surface area contributed by atoms with Gasteiger partial charge in [-0.1, -0.05) is 42.5 Å². The van der Waals surface area contributed by atoms with Gasteiger partial charge in [-0.15, -0.1) is 0 Å². The van der Waals surface area contributed by atoms with Crippen LogP contribution in [0.4, 0.5) is 11.6 Å². The number of fused-ring (bicyclic) bond motifs is 1. The Morgan fingerprint density at radius 2 is 1.64 bits per heavy atom. The number of pyridine rings is 1. The molecule has 0 bridgehead atoms. The molecule has 0 aliphatic heterocycles. The maximum atomic E-state index is 12.6. The van der Waals surface area contributed by atoms with E-state index in [1.54, 1.807) is 30.5 Å². The third kappa shape index (κ3) is 5.58. The van der Waals surface area contributed by atoms with Crippen LogP contribution in [-0.4, -0.2) is 46.2 Å². The summed E-state index contributed by atoms with van der Waals surface area (Å²) in [5, 5.41) is 3.15. The predicted octanol–water partition coefficient (Wildman–Crippen LogP) is 6.03. The van der Waals surface area contributed by atoms with Gasteiger partial charge in [0.15, 0.2) is 0 Å². The molecule has 0 unspecified atom stereocenters. The molecule has 0 atom stereocenters. The standard InChI is InChI=1S/C32H28N6O3S/c1-37(2)42(39,40)27-12-8-11-25(21-27)34-32-33-19-18-28(35-32)31-30(36-29-13-6-7-20-38(29)31)24-14-16-26(17-15-24)41-22-23-9-4-3-5-10-23/h3-21H,22H2,1-2H3,(H,33,34,35). The number of anilines is 2. The molecule has 1 N–H and O–H groups in total. The third-order valence-corrected chi connectivity index (χ3v) is 8.48. The second-order valence-corrected chi connectivity index (χ2v) is 11.9. The summed E-state index contributed by atoms with van der Waals surface area (Å²) >= 11 is 0. The van der Waals surface area contributed by atoms with Crippen LogP contribution in [0, 0.1) is 0 Å². The van der Waals surface area contributed by atoms with Crippen molar-refractivity contribution in [2.75, 3.05) is 19.4 Å². The van der Waals surface area contributed by atoms with Gasteiger partial charge in [-0.25, -0.2) is 27.7 Å².